The van der Waals surface area contributed by atoms with E-state index in [9.17, 15) is 14.2 Å². The molecule has 1 unspecified atom stereocenters. The Morgan fingerprint density at radius 3 is 2.23 bits per heavy atom. The molecule has 2 N–H and O–H groups in total. The monoisotopic (exact) mass is 735 g/mol. The molecule has 0 radical (unpaired) electrons. The molecule has 0 bridgehead atoms. The van der Waals surface area contributed by atoms with Crippen molar-refractivity contribution in [3.63, 3.8) is 0 Å². The van der Waals surface area contributed by atoms with Gasteiger partial charge in [-0.05, 0) is 67.8 Å². The minimum atomic E-state index is -3.99. The lowest BCUT2D eigenvalue weighted by Gasteiger charge is -2.22. The average molecular weight is 737 g/mol. The van der Waals surface area contributed by atoms with E-state index in [4.69, 9.17) is 57.2 Å². The SMILES string of the molecule is CCOC(=O)[C@H](C)OP(=O)(COc1ccc(Cn2c(COC(N)=O)nc(C(C)C)c2Sc2cc(Cl)cc(Cl)c2)cc1)Oc1ccccc1. The number of ether oxygens (including phenoxy) is 3. The number of amides is 1. The Morgan fingerprint density at radius 2 is 1.62 bits per heavy atom. The van der Waals surface area contributed by atoms with Gasteiger partial charge in [-0.3, -0.25) is 4.52 Å². The van der Waals surface area contributed by atoms with Crippen molar-refractivity contribution in [2.45, 2.75) is 62.8 Å². The quantitative estimate of drug-likeness (QED) is 0.0877. The molecule has 0 saturated heterocycles. The fraction of sp³-hybridized carbons (Fsp3) is 0.303. The summed E-state index contributed by atoms with van der Waals surface area (Å²) < 4.78 is 43.0. The number of nitrogens with two attached hydrogens (primary N) is 1. The van der Waals surface area contributed by atoms with E-state index in [-0.39, 0.29) is 19.1 Å². The Balaban J connectivity index is 1.57. The third-order valence-corrected chi connectivity index (χ3v) is 9.65. The summed E-state index contributed by atoms with van der Waals surface area (Å²) in [6, 6.07) is 20.8. The lowest BCUT2D eigenvalue weighted by molar-refractivity contribution is -0.150. The van der Waals surface area contributed by atoms with Crippen LogP contribution in [0.3, 0.4) is 0 Å². The maximum absolute atomic E-state index is 13.8. The van der Waals surface area contributed by atoms with Gasteiger partial charge in [0.25, 0.3) is 0 Å². The second-order valence-corrected chi connectivity index (χ2v) is 14.5. The van der Waals surface area contributed by atoms with Gasteiger partial charge < -0.3 is 29.0 Å². The zero-order chi connectivity index (χ0) is 34.8. The van der Waals surface area contributed by atoms with Crippen LogP contribution in [0.15, 0.2) is 82.7 Å². The number of esters is 1. The van der Waals surface area contributed by atoms with Gasteiger partial charge in [0.05, 0.1) is 12.3 Å². The van der Waals surface area contributed by atoms with Crippen LogP contribution in [0, 0.1) is 0 Å². The van der Waals surface area contributed by atoms with Gasteiger partial charge in [0.15, 0.2) is 12.7 Å². The second kappa shape index (κ2) is 17.1. The van der Waals surface area contributed by atoms with Gasteiger partial charge in [0, 0.05) is 21.5 Å². The van der Waals surface area contributed by atoms with Crippen LogP contribution in [-0.2, 0) is 36.5 Å². The molecule has 0 aliphatic carbocycles. The molecule has 3 aromatic carbocycles. The third-order valence-electron chi connectivity index (χ3n) is 6.54. The van der Waals surface area contributed by atoms with Crippen LogP contribution >= 0.6 is 42.6 Å². The summed E-state index contributed by atoms with van der Waals surface area (Å²) in [5.41, 5.74) is 6.93. The fourth-order valence-electron chi connectivity index (χ4n) is 4.39. The molecule has 256 valence electrons. The molecule has 0 aliphatic rings. The van der Waals surface area contributed by atoms with E-state index in [0.29, 0.717) is 33.9 Å². The Hall–Kier alpha value is -3.67. The Kier molecular flexibility index (Phi) is 13.3. The summed E-state index contributed by atoms with van der Waals surface area (Å²) in [5, 5.41) is 1.81. The predicted octanol–water partition coefficient (Wildman–Crippen LogP) is 8.68. The maximum Gasteiger partial charge on any atom is 0.417 e. The predicted molar refractivity (Wildman–Crippen MR) is 184 cm³/mol. The van der Waals surface area contributed by atoms with Gasteiger partial charge in [0.1, 0.15) is 22.3 Å². The van der Waals surface area contributed by atoms with Gasteiger partial charge in [-0.25, -0.2) is 19.1 Å². The lowest BCUT2D eigenvalue weighted by atomic mass is 10.1. The van der Waals surface area contributed by atoms with Crippen LogP contribution < -0.4 is 15.0 Å². The highest BCUT2D eigenvalue weighted by Gasteiger charge is 2.33. The van der Waals surface area contributed by atoms with Crippen LogP contribution in [0.25, 0.3) is 0 Å². The number of imidazole rings is 1. The molecule has 1 aromatic heterocycles. The van der Waals surface area contributed by atoms with Gasteiger partial charge in [0.2, 0.25) is 6.35 Å². The maximum atomic E-state index is 13.8. The highest BCUT2D eigenvalue weighted by atomic mass is 35.5. The molecular weight excluding hydrogens is 700 g/mol. The van der Waals surface area contributed by atoms with Crippen LogP contribution in [0.1, 0.15) is 50.7 Å². The first kappa shape index (κ1) is 37.2. The van der Waals surface area contributed by atoms with Crippen molar-refractivity contribution in [3.05, 3.63) is 99.9 Å². The van der Waals surface area contributed by atoms with E-state index in [1.807, 2.05) is 42.7 Å². The first-order chi connectivity index (χ1) is 22.9. The lowest BCUT2D eigenvalue weighted by Crippen LogP contribution is -2.24. The molecule has 11 nitrogen and oxygen atoms in total. The van der Waals surface area contributed by atoms with E-state index in [1.165, 1.54) is 18.7 Å². The summed E-state index contributed by atoms with van der Waals surface area (Å²) >= 11 is 14.0. The highest BCUT2D eigenvalue weighted by Crippen LogP contribution is 2.49. The largest absolute Gasteiger partial charge is 0.480 e. The van der Waals surface area contributed by atoms with Crippen molar-refractivity contribution < 1.29 is 37.4 Å². The van der Waals surface area contributed by atoms with E-state index in [1.54, 1.807) is 55.5 Å². The van der Waals surface area contributed by atoms with E-state index < -0.39 is 32.1 Å². The van der Waals surface area contributed by atoms with Crippen molar-refractivity contribution in [1.29, 1.82) is 0 Å². The molecule has 0 saturated carbocycles. The number of aromatic nitrogens is 2. The number of para-hydroxylation sites is 1. The zero-order valence-corrected chi connectivity index (χ0v) is 30.0. The molecule has 0 spiro atoms. The topological polar surface area (TPSA) is 141 Å². The van der Waals surface area contributed by atoms with Crippen molar-refractivity contribution in [2.75, 3.05) is 13.0 Å². The second-order valence-electron chi connectivity index (χ2n) is 10.7. The van der Waals surface area contributed by atoms with Crippen molar-refractivity contribution in [1.82, 2.24) is 9.55 Å². The number of carbonyl (C=O) groups is 2. The first-order valence-electron chi connectivity index (χ1n) is 14.9. The summed E-state index contributed by atoms with van der Waals surface area (Å²) in [4.78, 5) is 29.3. The standard InChI is InChI=1S/C33H36Cl2N3O8PS/c1-5-42-32(39)22(4)45-47(41,46-27-9-7-6-8-10-27)20-44-26-13-11-23(12-14-26)18-38-29(19-43-33(36)40)37-30(21(2)3)31(38)48-28-16-24(34)15-25(35)17-28/h6-17,21-22H,5,18-20H2,1-4H3,(H2,36,40)/t22-,47?/m0/s1. The number of benzene rings is 3. The van der Waals surface area contributed by atoms with Gasteiger partial charge >= 0.3 is 19.7 Å². The van der Waals surface area contributed by atoms with E-state index in [0.717, 1.165) is 21.2 Å². The van der Waals surface area contributed by atoms with Crippen LogP contribution in [0.4, 0.5) is 4.79 Å². The number of nitrogens with zero attached hydrogens (tertiary/aromatic N) is 2. The number of rotatable bonds is 16. The third kappa shape index (κ3) is 10.7. The highest BCUT2D eigenvalue weighted by molar-refractivity contribution is 7.99. The van der Waals surface area contributed by atoms with Gasteiger partial charge in [-0.15, -0.1) is 0 Å². The Morgan fingerprint density at radius 1 is 0.958 bits per heavy atom. The zero-order valence-electron chi connectivity index (χ0n) is 26.8. The molecule has 15 heteroatoms. The molecule has 1 amide bonds. The number of halogens is 2. The Bertz CT molecular complexity index is 1740. The van der Waals surface area contributed by atoms with Crippen LogP contribution in [0.2, 0.25) is 10.0 Å². The smallest absolute Gasteiger partial charge is 0.417 e. The average Bonchev–Trinajstić information content (AvgIpc) is 3.36. The van der Waals surface area contributed by atoms with E-state index >= 15 is 0 Å². The molecule has 0 fully saturated rings. The van der Waals surface area contributed by atoms with E-state index in [2.05, 4.69) is 0 Å². The molecule has 4 aromatic rings. The summed E-state index contributed by atoms with van der Waals surface area (Å²) in [6.45, 7) is 7.50. The molecule has 48 heavy (non-hydrogen) atoms. The van der Waals surface area contributed by atoms with Crippen LogP contribution in [-0.4, -0.2) is 40.7 Å². The molecule has 1 heterocycles. The van der Waals surface area contributed by atoms with Gasteiger partial charge in [-0.1, -0.05) is 79.1 Å². The minimum Gasteiger partial charge on any atom is -0.480 e. The molecule has 4 rings (SSSR count). The number of hydrogen-bond acceptors (Lipinski definition) is 10. The van der Waals surface area contributed by atoms with Crippen LogP contribution in [0.5, 0.6) is 11.5 Å². The molecule has 2 atom stereocenters. The van der Waals surface area contributed by atoms with Crippen molar-refractivity contribution >= 4 is 54.6 Å². The summed E-state index contributed by atoms with van der Waals surface area (Å²) in [5.74, 6) is 0.545. The number of primary amides is 1. The minimum absolute atomic E-state index is 0.0362. The fourth-order valence-corrected chi connectivity index (χ4v) is 7.78. The number of hydrogen-bond donors (Lipinski definition) is 1. The summed E-state index contributed by atoms with van der Waals surface area (Å²) in [6.07, 6.45) is -2.54. The van der Waals surface area contributed by atoms with Gasteiger partial charge in [-0.2, -0.15) is 0 Å². The molecular formula is C33H36Cl2N3O8PS. The molecule has 0 aliphatic heterocycles. The van der Waals surface area contributed by atoms with Crippen molar-refractivity contribution in [3.8, 4) is 11.5 Å². The Labute approximate surface area is 293 Å². The first-order valence-corrected chi connectivity index (χ1v) is 18.2. The van der Waals surface area contributed by atoms with Crippen molar-refractivity contribution in [2.24, 2.45) is 5.73 Å². The number of carbonyl (C=O) groups excluding carboxylic acids is 2. The normalized spacial score (nSPS) is 13.1. The summed E-state index contributed by atoms with van der Waals surface area (Å²) in [7, 11) is -3.99.